The molecule has 0 bridgehead atoms. The van der Waals surface area contributed by atoms with Crippen LogP contribution >= 0.6 is 0 Å². The zero-order chi connectivity index (χ0) is 19.9. The Bertz CT molecular complexity index is 510. The maximum absolute atomic E-state index is 2.53. The van der Waals surface area contributed by atoms with Crippen molar-refractivity contribution in [2.24, 2.45) is 0 Å². The van der Waals surface area contributed by atoms with Crippen LogP contribution in [-0.4, -0.2) is 22.5 Å². The third-order valence-corrected chi connectivity index (χ3v) is 6.10. The Balaban J connectivity index is 1.54. The fourth-order valence-corrected chi connectivity index (χ4v) is 4.33. The predicted molar refractivity (Wildman–Crippen MR) is 123 cm³/mol. The number of unbranched alkanes of at least 4 members (excludes halogenated alkanes) is 11. The quantitative estimate of drug-likeness (QED) is 0.269. The predicted octanol–water partition coefficient (Wildman–Crippen LogP) is 7.71. The second-order valence-electron chi connectivity index (χ2n) is 8.44. The van der Waals surface area contributed by atoms with E-state index in [4.69, 9.17) is 0 Å². The van der Waals surface area contributed by atoms with Gasteiger partial charge in [0.15, 0.2) is 0 Å². The van der Waals surface area contributed by atoms with E-state index < -0.39 is 0 Å². The summed E-state index contributed by atoms with van der Waals surface area (Å²) in [6.07, 6.45) is 23.5. The molecular formula is C26H44N2. The summed E-state index contributed by atoms with van der Waals surface area (Å²) in [5.41, 5.74) is 1.41. The summed E-state index contributed by atoms with van der Waals surface area (Å²) < 4.78 is 0. The molecule has 2 nitrogen and oxygen atoms in total. The lowest BCUT2D eigenvalue weighted by molar-refractivity contribution is 0.139. The first-order valence-corrected chi connectivity index (χ1v) is 12.1. The third-order valence-electron chi connectivity index (χ3n) is 6.10. The van der Waals surface area contributed by atoms with Gasteiger partial charge in [-0.25, -0.2) is 0 Å². The molecule has 0 radical (unpaired) electrons. The minimum Gasteiger partial charge on any atom is -0.356 e. The zero-order valence-electron chi connectivity index (χ0n) is 18.6. The molecule has 1 atom stereocenters. The van der Waals surface area contributed by atoms with E-state index in [0.717, 1.165) is 13.1 Å². The van der Waals surface area contributed by atoms with E-state index in [0.29, 0.717) is 6.17 Å². The summed E-state index contributed by atoms with van der Waals surface area (Å²) in [7, 11) is 0. The highest BCUT2D eigenvalue weighted by molar-refractivity contribution is 5.15. The van der Waals surface area contributed by atoms with Gasteiger partial charge in [-0.15, -0.1) is 0 Å². The van der Waals surface area contributed by atoms with E-state index >= 15 is 0 Å². The lowest BCUT2D eigenvalue weighted by Gasteiger charge is -2.32. The monoisotopic (exact) mass is 384 g/mol. The molecule has 1 aliphatic rings. The largest absolute Gasteiger partial charge is 0.356 e. The van der Waals surface area contributed by atoms with Gasteiger partial charge in [-0.05, 0) is 25.3 Å². The molecule has 0 saturated carbocycles. The molecule has 1 aliphatic heterocycles. The lowest BCUT2D eigenvalue weighted by Crippen LogP contribution is -2.38. The number of benzene rings is 1. The van der Waals surface area contributed by atoms with Crippen LogP contribution in [0.2, 0.25) is 0 Å². The van der Waals surface area contributed by atoms with Crippen molar-refractivity contribution < 1.29 is 0 Å². The first-order chi connectivity index (χ1) is 13.8. The second kappa shape index (κ2) is 14.5. The fraction of sp³-hybridized carbons (Fsp3) is 0.692. The van der Waals surface area contributed by atoms with E-state index in [9.17, 15) is 0 Å². The Morgan fingerprint density at radius 1 is 0.643 bits per heavy atom. The molecule has 1 heterocycles. The van der Waals surface area contributed by atoms with Gasteiger partial charge in [-0.3, -0.25) is 0 Å². The third kappa shape index (κ3) is 8.71. The van der Waals surface area contributed by atoms with E-state index in [-0.39, 0.29) is 0 Å². The van der Waals surface area contributed by atoms with E-state index in [2.05, 4.69) is 66.4 Å². The normalized spacial score (nSPS) is 16.3. The van der Waals surface area contributed by atoms with Crippen LogP contribution in [0, 0.1) is 0 Å². The standard InChI is InChI=1S/C26H44N2/c1-3-5-6-7-8-9-10-11-12-13-14-18-21-26-27(4-2)22-23-28(26)24-25-19-16-15-17-20-25/h15-17,19-20,22-23,26H,3-14,18,21,24H2,1-2H3. The van der Waals surface area contributed by atoms with E-state index in [1.807, 2.05) is 0 Å². The van der Waals surface area contributed by atoms with Gasteiger partial charge in [0.05, 0.1) is 0 Å². The van der Waals surface area contributed by atoms with E-state index in [1.54, 1.807) is 0 Å². The van der Waals surface area contributed by atoms with Crippen LogP contribution in [-0.2, 0) is 6.54 Å². The summed E-state index contributed by atoms with van der Waals surface area (Å²) >= 11 is 0. The summed E-state index contributed by atoms with van der Waals surface area (Å²) in [6.45, 7) is 6.69. The van der Waals surface area contributed by atoms with Crippen molar-refractivity contribution in [2.45, 2.75) is 110 Å². The zero-order valence-corrected chi connectivity index (χ0v) is 18.6. The summed E-state index contributed by atoms with van der Waals surface area (Å²) in [5, 5.41) is 0. The van der Waals surface area contributed by atoms with Crippen LogP contribution in [0.3, 0.4) is 0 Å². The minimum atomic E-state index is 0.549. The molecule has 28 heavy (non-hydrogen) atoms. The highest BCUT2D eigenvalue weighted by atomic mass is 15.4. The van der Waals surface area contributed by atoms with Crippen LogP contribution < -0.4 is 0 Å². The van der Waals surface area contributed by atoms with Crippen LogP contribution in [0.5, 0.6) is 0 Å². The summed E-state index contributed by atoms with van der Waals surface area (Å²) in [4.78, 5) is 5.03. The average Bonchev–Trinajstić information content (AvgIpc) is 3.11. The Hall–Kier alpha value is -1.44. The van der Waals surface area contributed by atoms with Gasteiger partial charge in [0.25, 0.3) is 0 Å². The highest BCUT2D eigenvalue weighted by Crippen LogP contribution is 2.23. The SMILES string of the molecule is CCCCCCCCCCCCCCC1N(CC)C=CN1Cc1ccccc1. The molecule has 0 aliphatic carbocycles. The molecule has 2 rings (SSSR count). The van der Waals surface area contributed by atoms with Gasteiger partial charge in [0.1, 0.15) is 6.17 Å². The number of nitrogens with zero attached hydrogens (tertiary/aromatic N) is 2. The second-order valence-corrected chi connectivity index (χ2v) is 8.44. The van der Waals surface area contributed by atoms with Crippen molar-refractivity contribution in [1.82, 2.24) is 9.80 Å². The van der Waals surface area contributed by atoms with Crippen LogP contribution in [0.1, 0.15) is 103 Å². The molecule has 1 aromatic rings. The molecule has 158 valence electrons. The molecule has 0 fully saturated rings. The molecule has 0 aromatic heterocycles. The lowest BCUT2D eigenvalue weighted by atomic mass is 10.0. The van der Waals surface area contributed by atoms with Gasteiger partial charge >= 0.3 is 0 Å². The van der Waals surface area contributed by atoms with Crippen molar-refractivity contribution >= 4 is 0 Å². The molecular weight excluding hydrogens is 340 g/mol. The first-order valence-electron chi connectivity index (χ1n) is 12.1. The van der Waals surface area contributed by atoms with Gasteiger partial charge < -0.3 is 9.80 Å². The van der Waals surface area contributed by atoms with Crippen molar-refractivity contribution in [3.05, 3.63) is 48.3 Å². The summed E-state index contributed by atoms with van der Waals surface area (Å²) in [6, 6.07) is 10.9. The molecule has 2 heteroatoms. The summed E-state index contributed by atoms with van der Waals surface area (Å²) in [5.74, 6) is 0. The van der Waals surface area contributed by atoms with Crippen molar-refractivity contribution in [1.29, 1.82) is 0 Å². The van der Waals surface area contributed by atoms with Crippen LogP contribution in [0.25, 0.3) is 0 Å². The number of hydrogen-bond acceptors (Lipinski definition) is 2. The fourth-order valence-electron chi connectivity index (χ4n) is 4.33. The van der Waals surface area contributed by atoms with Gasteiger partial charge in [0, 0.05) is 25.5 Å². The smallest absolute Gasteiger partial charge is 0.101 e. The topological polar surface area (TPSA) is 6.48 Å². The maximum atomic E-state index is 2.53. The van der Waals surface area contributed by atoms with Crippen molar-refractivity contribution in [3.63, 3.8) is 0 Å². The highest BCUT2D eigenvalue weighted by Gasteiger charge is 2.24. The molecule has 0 spiro atoms. The molecule has 0 N–H and O–H groups in total. The Labute approximate surface area is 175 Å². The number of hydrogen-bond donors (Lipinski definition) is 0. The molecule has 1 unspecified atom stereocenters. The average molecular weight is 385 g/mol. The van der Waals surface area contributed by atoms with E-state index in [1.165, 1.54) is 89.0 Å². The molecule has 0 saturated heterocycles. The van der Waals surface area contributed by atoms with Gasteiger partial charge in [-0.2, -0.15) is 0 Å². The van der Waals surface area contributed by atoms with Gasteiger partial charge in [-0.1, -0.05) is 108 Å². The van der Waals surface area contributed by atoms with Gasteiger partial charge in [0.2, 0.25) is 0 Å². The Morgan fingerprint density at radius 3 is 1.75 bits per heavy atom. The minimum absolute atomic E-state index is 0.549. The van der Waals surface area contributed by atoms with Crippen LogP contribution in [0.15, 0.2) is 42.7 Å². The van der Waals surface area contributed by atoms with Crippen molar-refractivity contribution in [3.8, 4) is 0 Å². The van der Waals surface area contributed by atoms with Crippen molar-refractivity contribution in [2.75, 3.05) is 6.54 Å². The Kier molecular flexibility index (Phi) is 11.9. The Morgan fingerprint density at radius 2 is 1.18 bits per heavy atom. The maximum Gasteiger partial charge on any atom is 0.101 e. The molecule has 0 amide bonds. The molecule has 1 aromatic carbocycles. The first kappa shape index (κ1) is 22.8. The number of rotatable bonds is 16. The van der Waals surface area contributed by atoms with Crippen LogP contribution in [0.4, 0.5) is 0 Å².